The van der Waals surface area contributed by atoms with Crippen molar-refractivity contribution in [1.29, 1.82) is 0 Å². The number of carbonyl (C=O) groups excluding carboxylic acids is 1. The fourth-order valence-electron chi connectivity index (χ4n) is 3.19. The van der Waals surface area contributed by atoms with Crippen molar-refractivity contribution in [1.82, 2.24) is 0 Å². The van der Waals surface area contributed by atoms with E-state index in [1.54, 1.807) is 6.08 Å². The van der Waals surface area contributed by atoms with E-state index >= 15 is 0 Å². The van der Waals surface area contributed by atoms with Gasteiger partial charge in [-0.1, -0.05) is 97.1 Å². The summed E-state index contributed by atoms with van der Waals surface area (Å²) in [6.07, 6.45) is 0.488. The van der Waals surface area contributed by atoms with Gasteiger partial charge >= 0.3 is 0 Å². The van der Waals surface area contributed by atoms with Crippen LogP contribution in [0.3, 0.4) is 0 Å². The third-order valence-electron chi connectivity index (χ3n) is 4.87. The molecular formula is C27H28O4. The number of hydrogen-bond donors (Lipinski definition) is 0. The SMILES string of the molecule is C=C[C@H](OCc1ccccc1)C(OCc1ccccc1)[C@H](C=O)OCc1ccccc1. The van der Waals surface area contributed by atoms with Crippen LogP contribution in [-0.2, 0) is 38.8 Å². The highest BCUT2D eigenvalue weighted by Gasteiger charge is 2.30. The van der Waals surface area contributed by atoms with Crippen LogP contribution in [0.2, 0.25) is 0 Å². The molecule has 160 valence electrons. The van der Waals surface area contributed by atoms with Gasteiger partial charge in [-0.15, -0.1) is 6.58 Å². The van der Waals surface area contributed by atoms with Crippen LogP contribution in [-0.4, -0.2) is 24.6 Å². The summed E-state index contributed by atoms with van der Waals surface area (Å²) < 4.78 is 18.2. The highest BCUT2D eigenvalue weighted by atomic mass is 16.6. The first-order valence-electron chi connectivity index (χ1n) is 10.3. The number of ether oxygens (including phenoxy) is 3. The summed E-state index contributed by atoms with van der Waals surface area (Å²) in [4.78, 5) is 12.0. The molecule has 0 aromatic heterocycles. The molecule has 0 heterocycles. The molecule has 0 N–H and O–H groups in total. The molecule has 0 saturated heterocycles. The highest BCUT2D eigenvalue weighted by Crippen LogP contribution is 2.18. The summed E-state index contributed by atoms with van der Waals surface area (Å²) in [5.74, 6) is 0. The fourth-order valence-corrected chi connectivity index (χ4v) is 3.19. The van der Waals surface area contributed by atoms with Gasteiger partial charge in [0.1, 0.15) is 18.3 Å². The van der Waals surface area contributed by atoms with Gasteiger partial charge in [-0.3, -0.25) is 0 Å². The molecule has 0 aliphatic heterocycles. The molecule has 0 aliphatic rings. The van der Waals surface area contributed by atoms with Gasteiger partial charge in [-0.25, -0.2) is 0 Å². The number of aldehydes is 1. The quantitative estimate of drug-likeness (QED) is 0.286. The predicted molar refractivity (Wildman–Crippen MR) is 121 cm³/mol. The van der Waals surface area contributed by atoms with Gasteiger partial charge in [0.05, 0.1) is 19.8 Å². The number of benzene rings is 3. The van der Waals surface area contributed by atoms with Gasteiger partial charge in [0.15, 0.2) is 6.29 Å². The molecule has 4 heteroatoms. The second-order valence-corrected chi connectivity index (χ2v) is 7.16. The van der Waals surface area contributed by atoms with Gasteiger partial charge in [0.2, 0.25) is 0 Å². The number of rotatable bonds is 13. The second kappa shape index (κ2) is 12.6. The van der Waals surface area contributed by atoms with Crippen molar-refractivity contribution in [3.8, 4) is 0 Å². The zero-order chi connectivity index (χ0) is 21.7. The maximum absolute atomic E-state index is 12.0. The Morgan fingerprint density at radius 3 is 1.39 bits per heavy atom. The Balaban J connectivity index is 1.71. The predicted octanol–water partition coefficient (Wildman–Crippen LogP) is 5.13. The van der Waals surface area contributed by atoms with Crippen molar-refractivity contribution in [2.24, 2.45) is 0 Å². The molecule has 3 rings (SSSR count). The third-order valence-corrected chi connectivity index (χ3v) is 4.87. The standard InChI is InChI=1S/C27H28O4/c1-2-25(29-19-22-12-6-3-7-13-22)27(31-21-24-16-10-5-11-17-24)26(18-28)30-20-23-14-8-4-9-15-23/h2-18,25-27H,1,19-21H2/t25-,26-,27?/m0/s1. The first-order chi connectivity index (χ1) is 15.3. The Bertz CT molecular complexity index is 841. The van der Waals surface area contributed by atoms with Gasteiger partial charge in [0, 0.05) is 0 Å². The Kier molecular flexibility index (Phi) is 9.20. The van der Waals surface area contributed by atoms with E-state index in [9.17, 15) is 4.79 Å². The Morgan fingerprint density at radius 1 is 0.613 bits per heavy atom. The average Bonchev–Trinajstić information content (AvgIpc) is 2.84. The van der Waals surface area contributed by atoms with Crippen molar-refractivity contribution < 1.29 is 19.0 Å². The minimum atomic E-state index is -0.803. The highest BCUT2D eigenvalue weighted by molar-refractivity contribution is 5.57. The van der Waals surface area contributed by atoms with Crippen molar-refractivity contribution >= 4 is 6.29 Å². The van der Waals surface area contributed by atoms with Gasteiger partial charge in [-0.05, 0) is 16.7 Å². The fraction of sp³-hybridized carbons (Fsp3) is 0.222. The molecule has 0 fully saturated rings. The lowest BCUT2D eigenvalue weighted by molar-refractivity contribution is -0.150. The minimum absolute atomic E-state index is 0.304. The largest absolute Gasteiger partial charge is 0.367 e. The first kappa shape index (κ1) is 22.6. The lowest BCUT2D eigenvalue weighted by atomic mass is 10.1. The van der Waals surface area contributed by atoms with Crippen molar-refractivity contribution in [3.05, 3.63) is 120 Å². The smallest absolute Gasteiger partial charge is 0.151 e. The van der Waals surface area contributed by atoms with E-state index in [0.717, 1.165) is 23.0 Å². The minimum Gasteiger partial charge on any atom is -0.367 e. The van der Waals surface area contributed by atoms with Crippen LogP contribution in [0.1, 0.15) is 16.7 Å². The maximum Gasteiger partial charge on any atom is 0.151 e. The van der Waals surface area contributed by atoms with E-state index in [-0.39, 0.29) is 0 Å². The van der Waals surface area contributed by atoms with E-state index in [1.807, 2.05) is 91.0 Å². The summed E-state index contributed by atoms with van der Waals surface area (Å²) in [7, 11) is 0. The van der Waals surface area contributed by atoms with E-state index in [4.69, 9.17) is 14.2 Å². The normalized spacial score (nSPS) is 13.8. The molecule has 1 unspecified atom stereocenters. The Hall–Kier alpha value is -3.05. The van der Waals surface area contributed by atoms with Crippen LogP contribution >= 0.6 is 0 Å². The van der Waals surface area contributed by atoms with Crippen LogP contribution < -0.4 is 0 Å². The van der Waals surface area contributed by atoms with Crippen molar-refractivity contribution in [2.75, 3.05) is 0 Å². The molecule has 3 aromatic carbocycles. The molecule has 0 bridgehead atoms. The van der Waals surface area contributed by atoms with Gasteiger partial charge in [-0.2, -0.15) is 0 Å². The summed E-state index contributed by atoms with van der Waals surface area (Å²) in [6, 6.07) is 29.4. The molecule has 4 nitrogen and oxygen atoms in total. The van der Waals surface area contributed by atoms with Crippen LogP contribution in [0.5, 0.6) is 0 Å². The molecule has 31 heavy (non-hydrogen) atoms. The maximum atomic E-state index is 12.0. The van der Waals surface area contributed by atoms with Crippen molar-refractivity contribution in [2.45, 2.75) is 38.1 Å². The molecule has 0 amide bonds. The van der Waals surface area contributed by atoms with E-state index in [2.05, 4.69) is 6.58 Å². The monoisotopic (exact) mass is 416 g/mol. The molecule has 0 saturated carbocycles. The van der Waals surface area contributed by atoms with E-state index in [1.165, 1.54) is 0 Å². The zero-order valence-electron chi connectivity index (χ0n) is 17.5. The molecular weight excluding hydrogens is 388 g/mol. The van der Waals surface area contributed by atoms with E-state index < -0.39 is 18.3 Å². The van der Waals surface area contributed by atoms with Crippen molar-refractivity contribution in [3.63, 3.8) is 0 Å². The average molecular weight is 417 g/mol. The summed E-state index contributed by atoms with van der Waals surface area (Å²) >= 11 is 0. The third kappa shape index (κ3) is 7.30. The summed E-state index contributed by atoms with van der Waals surface area (Å²) in [5, 5.41) is 0. The zero-order valence-corrected chi connectivity index (χ0v) is 17.5. The first-order valence-corrected chi connectivity index (χ1v) is 10.3. The molecule has 0 radical (unpaired) electrons. The van der Waals surface area contributed by atoms with E-state index in [0.29, 0.717) is 19.8 Å². The topological polar surface area (TPSA) is 44.8 Å². The van der Waals surface area contributed by atoms with Crippen LogP contribution in [0.25, 0.3) is 0 Å². The lowest BCUT2D eigenvalue weighted by Crippen LogP contribution is -2.42. The van der Waals surface area contributed by atoms with Crippen LogP contribution in [0.15, 0.2) is 104 Å². The summed E-state index contributed by atoms with van der Waals surface area (Å²) in [5.41, 5.74) is 3.02. The molecule has 0 aliphatic carbocycles. The second-order valence-electron chi connectivity index (χ2n) is 7.16. The Labute approximate surface area is 184 Å². The molecule has 3 atom stereocenters. The van der Waals surface area contributed by atoms with Crippen LogP contribution in [0, 0.1) is 0 Å². The lowest BCUT2D eigenvalue weighted by Gasteiger charge is -2.29. The number of hydrogen-bond acceptors (Lipinski definition) is 4. The Morgan fingerprint density at radius 2 is 1.00 bits per heavy atom. The van der Waals surface area contributed by atoms with Gasteiger partial charge in [0.25, 0.3) is 0 Å². The van der Waals surface area contributed by atoms with Crippen LogP contribution in [0.4, 0.5) is 0 Å². The molecule has 3 aromatic rings. The number of carbonyl (C=O) groups is 1. The van der Waals surface area contributed by atoms with Gasteiger partial charge < -0.3 is 19.0 Å². The summed E-state index contributed by atoms with van der Waals surface area (Å²) in [6.45, 7) is 4.93. The molecule has 0 spiro atoms.